The average Bonchev–Trinajstić information content (AvgIpc) is 2.48. The number of rotatable bonds is 2. The smallest absolute Gasteiger partial charge is 0.340 e. The topological polar surface area (TPSA) is 140 Å². The summed E-state index contributed by atoms with van der Waals surface area (Å²) in [5, 5.41) is 47.8. The van der Waals surface area contributed by atoms with Gasteiger partial charge in [0.2, 0.25) is 0 Å². The molecule has 0 bridgehead atoms. The predicted octanol–water partition coefficient (Wildman–Crippen LogP) is -2.57. The second-order valence-electron chi connectivity index (χ2n) is 4.56. The second-order valence-corrected chi connectivity index (χ2v) is 4.56. The van der Waals surface area contributed by atoms with Crippen molar-refractivity contribution in [2.24, 2.45) is 0 Å². The molecule has 1 heterocycles. The van der Waals surface area contributed by atoms with Crippen molar-refractivity contribution >= 4 is 5.97 Å². The number of ether oxygens (including phenoxy) is 1. The molecule has 1 aromatic heterocycles. The highest BCUT2D eigenvalue weighted by Crippen LogP contribution is 2.24. The zero-order valence-corrected chi connectivity index (χ0v) is 10.3. The van der Waals surface area contributed by atoms with Crippen molar-refractivity contribution in [3.8, 4) is 0 Å². The van der Waals surface area contributed by atoms with E-state index in [1.807, 2.05) is 0 Å². The molecule has 0 amide bonds. The molecule has 0 saturated heterocycles. The van der Waals surface area contributed by atoms with Crippen LogP contribution in [0.1, 0.15) is 10.4 Å². The van der Waals surface area contributed by atoms with Crippen LogP contribution in [0.15, 0.2) is 24.5 Å². The molecule has 1 aliphatic carbocycles. The van der Waals surface area contributed by atoms with Gasteiger partial charge >= 0.3 is 5.97 Å². The van der Waals surface area contributed by atoms with Crippen LogP contribution in [-0.4, -0.2) is 73.1 Å². The molecule has 4 atom stereocenters. The lowest BCUT2D eigenvalue weighted by Gasteiger charge is -2.41. The first-order chi connectivity index (χ1) is 9.43. The molecule has 0 unspecified atom stereocenters. The van der Waals surface area contributed by atoms with E-state index in [9.17, 15) is 30.3 Å². The quantitative estimate of drug-likeness (QED) is 0.373. The van der Waals surface area contributed by atoms with Crippen LogP contribution < -0.4 is 0 Å². The monoisotopic (exact) mass is 285 g/mol. The minimum atomic E-state index is -1.74. The van der Waals surface area contributed by atoms with Crippen LogP contribution >= 0.6 is 0 Å². The molecule has 5 N–H and O–H groups in total. The van der Waals surface area contributed by atoms with Crippen molar-refractivity contribution in [3.63, 3.8) is 0 Å². The van der Waals surface area contributed by atoms with Gasteiger partial charge in [-0.1, -0.05) is 0 Å². The number of hydrogen-bond donors (Lipinski definition) is 5. The van der Waals surface area contributed by atoms with E-state index in [1.54, 1.807) is 0 Å². The summed E-state index contributed by atoms with van der Waals surface area (Å²) in [4.78, 5) is 15.5. The number of carbonyl (C=O) groups excluding carboxylic acids is 1. The lowest BCUT2D eigenvalue weighted by molar-refractivity contribution is -0.223. The zero-order valence-electron chi connectivity index (χ0n) is 10.3. The minimum Gasteiger partial charge on any atom is -0.453 e. The Bertz CT molecular complexity index is 452. The third-order valence-electron chi connectivity index (χ3n) is 3.21. The van der Waals surface area contributed by atoms with E-state index in [0.717, 1.165) is 0 Å². The zero-order chi connectivity index (χ0) is 14.9. The number of nitrogens with zero attached hydrogens (tertiary/aromatic N) is 1. The van der Waals surface area contributed by atoms with Gasteiger partial charge in [-0.2, -0.15) is 0 Å². The summed E-state index contributed by atoms with van der Waals surface area (Å²) < 4.78 is 4.88. The summed E-state index contributed by atoms with van der Waals surface area (Å²) in [5.41, 5.74) is 0.0852. The van der Waals surface area contributed by atoms with Crippen LogP contribution in [0.25, 0.3) is 0 Å². The Labute approximate surface area is 113 Å². The van der Waals surface area contributed by atoms with Gasteiger partial charge in [-0.3, -0.25) is 4.98 Å². The Morgan fingerprint density at radius 2 is 1.55 bits per heavy atom. The lowest BCUT2D eigenvalue weighted by Crippen LogP contribution is -2.64. The van der Waals surface area contributed by atoms with Crippen molar-refractivity contribution < 1.29 is 35.1 Å². The molecule has 0 aromatic carbocycles. The summed E-state index contributed by atoms with van der Waals surface area (Å²) in [6.45, 7) is 0. The fourth-order valence-electron chi connectivity index (χ4n) is 2.01. The minimum absolute atomic E-state index is 0.0852. The molecule has 2 rings (SSSR count). The molecule has 1 saturated carbocycles. The Morgan fingerprint density at radius 3 is 2.05 bits per heavy atom. The first-order valence-corrected chi connectivity index (χ1v) is 5.95. The summed E-state index contributed by atoms with van der Waals surface area (Å²) >= 11 is 0. The Kier molecular flexibility index (Phi) is 4.31. The summed E-state index contributed by atoms with van der Waals surface area (Å²) in [5.74, 6) is -0.878. The van der Waals surface area contributed by atoms with Crippen LogP contribution in [0.2, 0.25) is 0 Å². The Balaban J connectivity index is 2.13. The van der Waals surface area contributed by atoms with Gasteiger partial charge in [-0.15, -0.1) is 0 Å². The molecule has 20 heavy (non-hydrogen) atoms. The van der Waals surface area contributed by atoms with Crippen molar-refractivity contribution in [2.75, 3.05) is 0 Å². The van der Waals surface area contributed by atoms with Crippen molar-refractivity contribution in [3.05, 3.63) is 30.1 Å². The highest BCUT2D eigenvalue weighted by atomic mass is 16.6. The first kappa shape index (κ1) is 14.8. The number of esters is 1. The number of aliphatic hydroxyl groups excluding tert-OH is 5. The lowest BCUT2D eigenvalue weighted by atomic mass is 9.85. The number of hydrogen-bond acceptors (Lipinski definition) is 8. The van der Waals surface area contributed by atoms with E-state index in [0.29, 0.717) is 0 Å². The van der Waals surface area contributed by atoms with Gasteiger partial charge in [-0.05, 0) is 12.1 Å². The van der Waals surface area contributed by atoms with Crippen LogP contribution in [0.4, 0.5) is 0 Å². The summed E-state index contributed by atoms with van der Waals surface area (Å²) in [6.07, 6.45) is -7.52. The van der Waals surface area contributed by atoms with Crippen molar-refractivity contribution in [1.29, 1.82) is 0 Å². The normalized spacial score (nSPS) is 37.5. The number of aromatic nitrogens is 1. The fourth-order valence-corrected chi connectivity index (χ4v) is 2.01. The molecule has 8 heteroatoms. The maximum absolute atomic E-state index is 11.8. The van der Waals surface area contributed by atoms with Gasteiger partial charge < -0.3 is 30.3 Å². The van der Waals surface area contributed by atoms with Crippen LogP contribution in [0.3, 0.4) is 0 Å². The van der Waals surface area contributed by atoms with Gasteiger partial charge in [0.1, 0.15) is 30.5 Å². The predicted molar refractivity (Wildman–Crippen MR) is 63.5 cm³/mol. The van der Waals surface area contributed by atoms with Gasteiger partial charge in [0.05, 0.1) is 5.56 Å². The number of carbonyl (C=O) groups is 1. The third kappa shape index (κ3) is 2.65. The van der Waals surface area contributed by atoms with Gasteiger partial charge in [-0.25, -0.2) is 4.79 Å². The van der Waals surface area contributed by atoms with Gasteiger partial charge in [0.25, 0.3) is 0 Å². The van der Waals surface area contributed by atoms with E-state index in [1.165, 1.54) is 24.5 Å². The van der Waals surface area contributed by atoms with Crippen LogP contribution in [0, 0.1) is 0 Å². The highest BCUT2D eigenvalue weighted by Gasteiger charge is 2.50. The molecule has 110 valence electrons. The maximum Gasteiger partial charge on any atom is 0.340 e. The van der Waals surface area contributed by atoms with Crippen molar-refractivity contribution in [2.45, 2.75) is 36.6 Å². The molecule has 0 spiro atoms. The summed E-state index contributed by atoms with van der Waals surface area (Å²) in [7, 11) is 0. The third-order valence-corrected chi connectivity index (χ3v) is 3.21. The number of pyridine rings is 1. The average molecular weight is 285 g/mol. The van der Waals surface area contributed by atoms with E-state index in [4.69, 9.17) is 4.74 Å². The molecule has 1 fully saturated rings. The highest BCUT2D eigenvalue weighted by molar-refractivity contribution is 5.89. The maximum atomic E-state index is 11.8. The van der Waals surface area contributed by atoms with Gasteiger partial charge in [0.15, 0.2) is 6.10 Å². The second kappa shape index (κ2) is 5.81. The van der Waals surface area contributed by atoms with Crippen LogP contribution in [-0.2, 0) is 4.74 Å². The molecule has 1 aliphatic rings. The summed E-state index contributed by atoms with van der Waals surface area (Å²) in [6, 6.07) is 2.91. The Morgan fingerprint density at radius 1 is 1.00 bits per heavy atom. The molecular formula is C12H15NO7. The first-order valence-electron chi connectivity index (χ1n) is 5.95. The molecule has 8 nitrogen and oxygen atoms in total. The van der Waals surface area contributed by atoms with E-state index in [2.05, 4.69) is 4.98 Å². The van der Waals surface area contributed by atoms with Crippen LogP contribution in [0.5, 0.6) is 0 Å². The van der Waals surface area contributed by atoms with E-state index >= 15 is 0 Å². The largest absolute Gasteiger partial charge is 0.453 e. The molecular weight excluding hydrogens is 270 g/mol. The standard InChI is InChI=1S/C12H15NO7/c14-6-7(15)9(17)11(10(18)8(6)16)20-12(19)5-2-1-3-13-4-5/h1-4,6-11,14-18H/t6?,7-,8-,9-,10-,11?/m1/s1. The molecule has 1 aromatic rings. The number of aliphatic hydroxyl groups is 5. The van der Waals surface area contributed by atoms with E-state index < -0.39 is 42.6 Å². The molecule has 0 aliphatic heterocycles. The fraction of sp³-hybridized carbons (Fsp3) is 0.500. The Hall–Kier alpha value is -1.58. The van der Waals surface area contributed by atoms with Crippen molar-refractivity contribution in [1.82, 2.24) is 4.98 Å². The molecule has 0 radical (unpaired) electrons. The SMILES string of the molecule is O=C(OC1[C@H](O)[C@H](O)C(O)[C@@H](O)[C@H]1O)c1cccnc1. The van der Waals surface area contributed by atoms with E-state index in [-0.39, 0.29) is 5.56 Å². The van der Waals surface area contributed by atoms with Gasteiger partial charge in [0, 0.05) is 12.4 Å².